The molecule has 2 aliphatic heterocycles. The van der Waals surface area contributed by atoms with Crippen LogP contribution in [0.15, 0.2) is 64.4 Å². The molecule has 14 heteroatoms. The van der Waals surface area contributed by atoms with Gasteiger partial charge in [0.1, 0.15) is 23.5 Å². The number of hydrogen-bond donors (Lipinski definition) is 1. The summed E-state index contributed by atoms with van der Waals surface area (Å²) in [6, 6.07) is 10.9. The van der Waals surface area contributed by atoms with Crippen molar-refractivity contribution < 1.29 is 28.2 Å². The predicted octanol–water partition coefficient (Wildman–Crippen LogP) is 5.92. The van der Waals surface area contributed by atoms with Crippen LogP contribution in [0.3, 0.4) is 0 Å². The lowest BCUT2D eigenvalue weighted by atomic mass is 10.0. The number of rotatable bonds is 11. The Hall–Kier alpha value is -4.59. The van der Waals surface area contributed by atoms with E-state index in [2.05, 4.69) is 36.4 Å². The van der Waals surface area contributed by atoms with Crippen molar-refractivity contribution in [2.24, 2.45) is 0 Å². The van der Waals surface area contributed by atoms with E-state index in [1.165, 1.54) is 18.5 Å². The summed E-state index contributed by atoms with van der Waals surface area (Å²) >= 11 is 3.57. The van der Waals surface area contributed by atoms with E-state index in [0.29, 0.717) is 45.0 Å². The Morgan fingerprint density at radius 2 is 1.76 bits per heavy atom. The molecular weight excluding hydrogens is 709 g/mol. The van der Waals surface area contributed by atoms with E-state index in [9.17, 15) is 18.8 Å². The fourth-order valence-corrected chi connectivity index (χ4v) is 6.57. The molecule has 1 aromatic heterocycles. The van der Waals surface area contributed by atoms with Gasteiger partial charge in [0.15, 0.2) is 5.82 Å². The van der Waals surface area contributed by atoms with Crippen molar-refractivity contribution in [1.29, 1.82) is 0 Å². The largest absolute Gasteiger partial charge is 0.444 e. The van der Waals surface area contributed by atoms with Gasteiger partial charge in [0, 0.05) is 55.7 Å². The van der Waals surface area contributed by atoms with Gasteiger partial charge < -0.3 is 29.5 Å². The average Bonchev–Trinajstić information content (AvgIpc) is 3.62. The van der Waals surface area contributed by atoms with Crippen molar-refractivity contribution in [3.05, 3.63) is 81.4 Å². The van der Waals surface area contributed by atoms with E-state index < -0.39 is 23.6 Å². The minimum Gasteiger partial charge on any atom is -0.444 e. The zero-order valence-electron chi connectivity index (χ0n) is 29.2. The standard InChI is InChI=1S/C36H43BrFN7O5/c1-7-45(22(2)3)34(47)28-15-26(38)12-13-30(28)49-33-32(39-21-40-42-33)44-19-24-17-43(18-25(24)20-44)31(46)16-27(41-35(48)50-36(4,5)6)14-23-10-8-9-11-29(23)37/h8-13,15,21-22,27H,7,14,16-20H2,1-6H3,(H,41,48)/t27-/m1/s1. The van der Waals surface area contributed by atoms with Gasteiger partial charge in [-0.15, -0.1) is 10.2 Å². The van der Waals surface area contributed by atoms with E-state index in [4.69, 9.17) is 9.47 Å². The van der Waals surface area contributed by atoms with Crippen molar-refractivity contribution in [2.45, 2.75) is 72.1 Å². The van der Waals surface area contributed by atoms with Crippen molar-refractivity contribution in [3.8, 4) is 11.6 Å². The Kier molecular flexibility index (Phi) is 11.4. The smallest absolute Gasteiger partial charge is 0.407 e. The van der Waals surface area contributed by atoms with Crippen molar-refractivity contribution in [3.63, 3.8) is 0 Å². The van der Waals surface area contributed by atoms with Gasteiger partial charge in [-0.3, -0.25) is 9.59 Å². The number of anilines is 1. The maximum Gasteiger partial charge on any atom is 0.407 e. The van der Waals surface area contributed by atoms with Gasteiger partial charge in [-0.25, -0.2) is 14.2 Å². The van der Waals surface area contributed by atoms with Crippen LogP contribution in [0.2, 0.25) is 0 Å². The molecule has 50 heavy (non-hydrogen) atoms. The van der Waals surface area contributed by atoms with E-state index in [1.807, 2.05) is 49.9 Å². The zero-order valence-corrected chi connectivity index (χ0v) is 30.8. The summed E-state index contributed by atoms with van der Waals surface area (Å²) < 4.78 is 26.8. The minimum absolute atomic E-state index is 0.0763. The van der Waals surface area contributed by atoms with Crippen molar-refractivity contribution in [2.75, 3.05) is 37.6 Å². The molecule has 3 amide bonds. The summed E-state index contributed by atoms with van der Waals surface area (Å²) in [4.78, 5) is 49.6. The Morgan fingerprint density at radius 3 is 2.40 bits per heavy atom. The predicted molar refractivity (Wildman–Crippen MR) is 190 cm³/mol. The molecule has 0 aliphatic carbocycles. The lowest BCUT2D eigenvalue weighted by Crippen LogP contribution is -2.44. The summed E-state index contributed by atoms with van der Waals surface area (Å²) in [6.45, 7) is 13.3. The SMILES string of the molecule is CCN(C(=O)c1cc(F)ccc1Oc1nncnc1N1CC2=C(CN(C(=O)C[C@@H](Cc3ccccc3Br)NC(=O)OC(C)(C)C)C2)C1)C(C)C. The molecular formula is C36H43BrFN7O5. The molecule has 0 bridgehead atoms. The Bertz CT molecular complexity index is 1760. The molecule has 0 unspecified atom stereocenters. The highest BCUT2D eigenvalue weighted by molar-refractivity contribution is 9.10. The fourth-order valence-electron chi connectivity index (χ4n) is 6.13. The second-order valence-corrected chi connectivity index (χ2v) is 14.5. The average molecular weight is 753 g/mol. The number of amides is 3. The first kappa shape index (κ1) is 36.7. The maximum atomic E-state index is 14.3. The molecule has 0 saturated carbocycles. The van der Waals surface area contributed by atoms with Crippen LogP contribution < -0.4 is 15.0 Å². The molecule has 266 valence electrons. The summed E-state index contributed by atoms with van der Waals surface area (Å²) in [7, 11) is 0. The van der Waals surface area contributed by atoms with Gasteiger partial charge in [-0.1, -0.05) is 34.1 Å². The molecule has 2 aliphatic rings. The fraction of sp³-hybridized carbons (Fsp3) is 0.444. The number of nitrogens with zero attached hydrogens (tertiary/aromatic N) is 6. The van der Waals surface area contributed by atoms with Gasteiger partial charge in [0.25, 0.3) is 11.8 Å². The molecule has 2 aromatic carbocycles. The van der Waals surface area contributed by atoms with Crippen LogP contribution in [0.4, 0.5) is 15.0 Å². The highest BCUT2D eigenvalue weighted by Gasteiger charge is 2.35. The molecule has 0 spiro atoms. The van der Waals surface area contributed by atoms with Crippen LogP contribution in [0.5, 0.6) is 11.6 Å². The second kappa shape index (κ2) is 15.5. The lowest BCUT2D eigenvalue weighted by Gasteiger charge is -2.27. The minimum atomic E-state index is -0.676. The van der Waals surface area contributed by atoms with Gasteiger partial charge in [-0.2, -0.15) is 0 Å². The number of aromatic nitrogens is 3. The summed E-state index contributed by atoms with van der Waals surface area (Å²) in [5.41, 5.74) is 2.53. The number of benzene rings is 2. The lowest BCUT2D eigenvalue weighted by molar-refractivity contribution is -0.130. The van der Waals surface area contributed by atoms with E-state index >= 15 is 0 Å². The van der Waals surface area contributed by atoms with Crippen LogP contribution in [-0.2, 0) is 16.0 Å². The summed E-state index contributed by atoms with van der Waals surface area (Å²) in [5.74, 6) is -0.353. The number of nitrogens with one attached hydrogen (secondary N) is 1. The first-order valence-electron chi connectivity index (χ1n) is 16.6. The number of alkyl carbamates (subject to hydrolysis) is 1. The molecule has 5 rings (SSSR count). The molecule has 1 atom stereocenters. The van der Waals surface area contributed by atoms with E-state index in [0.717, 1.165) is 27.2 Å². The van der Waals surface area contributed by atoms with Crippen molar-refractivity contribution >= 4 is 39.7 Å². The quantitative estimate of drug-likeness (QED) is 0.237. The maximum absolute atomic E-state index is 14.3. The molecule has 0 fully saturated rings. The first-order valence-corrected chi connectivity index (χ1v) is 17.4. The van der Waals surface area contributed by atoms with Gasteiger partial charge in [0.2, 0.25) is 5.91 Å². The van der Waals surface area contributed by atoms with Crippen LogP contribution in [0.1, 0.15) is 63.9 Å². The molecule has 0 saturated heterocycles. The molecule has 0 radical (unpaired) electrons. The normalized spacial score (nSPS) is 14.9. The Labute approximate surface area is 300 Å². The summed E-state index contributed by atoms with van der Waals surface area (Å²) in [6.07, 6.45) is 1.29. The van der Waals surface area contributed by atoms with Crippen LogP contribution in [-0.4, -0.2) is 93.3 Å². The molecule has 3 aromatic rings. The first-order chi connectivity index (χ1) is 23.7. The van der Waals surface area contributed by atoms with E-state index in [-0.39, 0.29) is 41.5 Å². The Morgan fingerprint density at radius 1 is 1.06 bits per heavy atom. The number of hydrogen-bond acceptors (Lipinski definition) is 9. The number of ether oxygens (including phenoxy) is 2. The summed E-state index contributed by atoms with van der Waals surface area (Å²) in [5, 5.41) is 11.0. The molecule has 1 N–H and O–H groups in total. The molecule has 12 nitrogen and oxygen atoms in total. The van der Waals surface area contributed by atoms with Crippen molar-refractivity contribution in [1.82, 2.24) is 30.3 Å². The number of carbonyl (C=O) groups excluding carboxylic acids is 3. The van der Waals surface area contributed by atoms with Crippen LogP contribution >= 0.6 is 15.9 Å². The topological polar surface area (TPSA) is 130 Å². The van der Waals surface area contributed by atoms with E-state index in [1.54, 1.807) is 30.6 Å². The van der Waals surface area contributed by atoms with Crippen LogP contribution in [0.25, 0.3) is 0 Å². The van der Waals surface area contributed by atoms with Crippen LogP contribution in [0, 0.1) is 5.82 Å². The van der Waals surface area contributed by atoms with Gasteiger partial charge >= 0.3 is 6.09 Å². The zero-order chi connectivity index (χ0) is 36.2. The molecule has 3 heterocycles. The third-order valence-corrected chi connectivity index (χ3v) is 9.19. The Balaban J connectivity index is 1.26. The number of halogens is 2. The van der Waals surface area contributed by atoms with Gasteiger partial charge in [-0.05, 0) is 88.9 Å². The highest BCUT2D eigenvalue weighted by atomic mass is 79.9. The highest BCUT2D eigenvalue weighted by Crippen LogP contribution is 2.35. The van der Waals surface area contributed by atoms with Gasteiger partial charge in [0.05, 0.1) is 5.56 Å². The third kappa shape index (κ3) is 8.95. The number of carbonyl (C=O) groups is 3. The second-order valence-electron chi connectivity index (χ2n) is 13.7. The third-order valence-electron chi connectivity index (χ3n) is 8.42. The monoisotopic (exact) mass is 751 g/mol.